The van der Waals surface area contributed by atoms with E-state index in [0.29, 0.717) is 5.56 Å². The van der Waals surface area contributed by atoms with Crippen molar-refractivity contribution in [2.24, 2.45) is 5.41 Å². The summed E-state index contributed by atoms with van der Waals surface area (Å²) in [6.45, 7) is 3.87. The Kier molecular flexibility index (Phi) is 6.95. The summed E-state index contributed by atoms with van der Waals surface area (Å²) < 4.78 is 0. The van der Waals surface area contributed by atoms with Gasteiger partial charge in [-0.2, -0.15) is 0 Å². The lowest BCUT2D eigenvalue weighted by Crippen LogP contribution is -2.44. The van der Waals surface area contributed by atoms with Crippen LogP contribution in [-0.2, 0) is 6.42 Å². The SMILES string of the molecule is CCC1(Cc2ccccc2)CCN(C(=O)c2cccnc2-c2ccncc2)CC1.N. The van der Waals surface area contributed by atoms with Crippen LogP contribution in [-0.4, -0.2) is 33.9 Å². The number of amides is 1. The van der Waals surface area contributed by atoms with E-state index in [1.165, 1.54) is 5.56 Å². The van der Waals surface area contributed by atoms with Gasteiger partial charge in [0.15, 0.2) is 0 Å². The average molecular weight is 403 g/mol. The van der Waals surface area contributed by atoms with Gasteiger partial charge >= 0.3 is 0 Å². The fraction of sp³-hybridized carbons (Fsp3) is 0.320. The van der Waals surface area contributed by atoms with E-state index in [1.54, 1.807) is 18.6 Å². The molecule has 0 atom stereocenters. The molecule has 5 nitrogen and oxygen atoms in total. The topological polar surface area (TPSA) is 81.1 Å². The number of piperidine rings is 1. The van der Waals surface area contributed by atoms with E-state index in [1.807, 2.05) is 29.2 Å². The maximum Gasteiger partial charge on any atom is 0.256 e. The summed E-state index contributed by atoms with van der Waals surface area (Å²) in [7, 11) is 0. The molecular weight excluding hydrogens is 372 g/mol. The van der Waals surface area contributed by atoms with Crippen molar-refractivity contribution in [3.05, 3.63) is 84.3 Å². The molecule has 1 saturated heterocycles. The average Bonchev–Trinajstić information content (AvgIpc) is 2.80. The molecule has 156 valence electrons. The lowest BCUT2D eigenvalue weighted by molar-refractivity contribution is 0.0567. The molecule has 2 aromatic heterocycles. The van der Waals surface area contributed by atoms with Crippen LogP contribution in [0.15, 0.2) is 73.2 Å². The lowest BCUT2D eigenvalue weighted by atomic mass is 9.72. The Morgan fingerprint density at radius 1 is 0.967 bits per heavy atom. The standard InChI is InChI=1S/C25H27N3O.H3N/c1-2-25(19-20-7-4-3-5-8-20)12-17-28(18-13-25)24(29)22-9-6-14-27-23(22)21-10-15-26-16-11-21;/h3-11,14-16H,2,12-13,17-19H2,1H3;1H3. The van der Waals surface area contributed by atoms with Gasteiger partial charge in [0.2, 0.25) is 0 Å². The summed E-state index contributed by atoms with van der Waals surface area (Å²) in [4.78, 5) is 23.9. The third-order valence-corrected chi connectivity index (χ3v) is 6.28. The molecule has 5 heteroatoms. The Morgan fingerprint density at radius 2 is 1.67 bits per heavy atom. The Labute approximate surface area is 178 Å². The van der Waals surface area contributed by atoms with Gasteiger partial charge in [0, 0.05) is 37.2 Å². The summed E-state index contributed by atoms with van der Waals surface area (Å²) in [5.74, 6) is 0.0781. The first-order valence-corrected chi connectivity index (χ1v) is 10.4. The largest absolute Gasteiger partial charge is 0.344 e. The Balaban J connectivity index is 0.00000256. The normalized spacial score (nSPS) is 15.3. The van der Waals surface area contributed by atoms with Crippen LogP contribution >= 0.6 is 0 Å². The smallest absolute Gasteiger partial charge is 0.256 e. The third kappa shape index (κ3) is 4.57. The van der Waals surface area contributed by atoms with Crippen molar-refractivity contribution in [3.63, 3.8) is 0 Å². The summed E-state index contributed by atoms with van der Waals surface area (Å²) in [6, 6.07) is 18.2. The number of nitrogens with zero attached hydrogens (tertiary/aromatic N) is 3. The number of carbonyl (C=O) groups excluding carboxylic acids is 1. The number of pyridine rings is 2. The van der Waals surface area contributed by atoms with Gasteiger partial charge in [-0.1, -0.05) is 43.7 Å². The van der Waals surface area contributed by atoms with Crippen molar-refractivity contribution < 1.29 is 4.79 Å². The maximum atomic E-state index is 13.3. The van der Waals surface area contributed by atoms with Crippen molar-refractivity contribution in [2.75, 3.05) is 13.1 Å². The summed E-state index contributed by atoms with van der Waals surface area (Å²) >= 11 is 0. The first-order valence-electron chi connectivity index (χ1n) is 10.4. The zero-order valence-electron chi connectivity index (χ0n) is 17.6. The van der Waals surface area contributed by atoms with Gasteiger partial charge in [0.1, 0.15) is 0 Å². The lowest BCUT2D eigenvalue weighted by Gasteiger charge is -2.42. The van der Waals surface area contributed by atoms with Gasteiger partial charge in [-0.3, -0.25) is 14.8 Å². The van der Waals surface area contributed by atoms with E-state index in [4.69, 9.17) is 0 Å². The monoisotopic (exact) mass is 402 g/mol. The first-order chi connectivity index (χ1) is 14.2. The second-order valence-electron chi connectivity index (χ2n) is 7.94. The fourth-order valence-electron chi connectivity index (χ4n) is 4.36. The van der Waals surface area contributed by atoms with Gasteiger partial charge in [-0.15, -0.1) is 0 Å². The highest BCUT2D eigenvalue weighted by atomic mass is 16.2. The van der Waals surface area contributed by atoms with E-state index in [9.17, 15) is 4.79 Å². The van der Waals surface area contributed by atoms with Crippen molar-refractivity contribution >= 4 is 5.91 Å². The minimum atomic E-state index is 0. The molecule has 1 aliphatic rings. The molecule has 1 aromatic carbocycles. The zero-order chi connectivity index (χ0) is 20.1. The number of benzene rings is 1. The Bertz CT molecular complexity index is 951. The van der Waals surface area contributed by atoms with Crippen molar-refractivity contribution in [3.8, 4) is 11.3 Å². The zero-order valence-corrected chi connectivity index (χ0v) is 17.6. The Hall–Kier alpha value is -3.05. The van der Waals surface area contributed by atoms with Gasteiger partial charge in [-0.25, -0.2) is 0 Å². The van der Waals surface area contributed by atoms with Crippen LogP contribution in [0, 0.1) is 5.41 Å². The second kappa shape index (κ2) is 9.63. The second-order valence-corrected chi connectivity index (χ2v) is 7.94. The molecule has 1 amide bonds. The van der Waals surface area contributed by atoms with Crippen LogP contribution in [0.2, 0.25) is 0 Å². The van der Waals surface area contributed by atoms with Crippen LogP contribution in [0.1, 0.15) is 42.1 Å². The van der Waals surface area contributed by atoms with Crippen LogP contribution in [0.3, 0.4) is 0 Å². The highest BCUT2D eigenvalue weighted by molar-refractivity contribution is 5.99. The number of hydrogen-bond donors (Lipinski definition) is 1. The van der Waals surface area contributed by atoms with Crippen molar-refractivity contribution in [1.29, 1.82) is 0 Å². The van der Waals surface area contributed by atoms with E-state index in [0.717, 1.165) is 50.0 Å². The molecule has 30 heavy (non-hydrogen) atoms. The van der Waals surface area contributed by atoms with Crippen LogP contribution in [0.4, 0.5) is 0 Å². The number of carbonyl (C=O) groups is 1. The molecule has 0 aliphatic carbocycles. The minimum absolute atomic E-state index is 0. The highest BCUT2D eigenvalue weighted by Crippen LogP contribution is 2.38. The summed E-state index contributed by atoms with van der Waals surface area (Å²) in [5, 5.41) is 0. The Morgan fingerprint density at radius 3 is 2.33 bits per heavy atom. The van der Waals surface area contributed by atoms with Crippen LogP contribution in [0.25, 0.3) is 11.3 Å². The van der Waals surface area contributed by atoms with E-state index >= 15 is 0 Å². The fourth-order valence-corrected chi connectivity index (χ4v) is 4.36. The van der Waals surface area contributed by atoms with Crippen molar-refractivity contribution in [1.82, 2.24) is 21.0 Å². The molecule has 0 radical (unpaired) electrons. The van der Waals surface area contributed by atoms with E-state index < -0.39 is 0 Å². The van der Waals surface area contributed by atoms with Gasteiger partial charge in [0.25, 0.3) is 5.91 Å². The van der Waals surface area contributed by atoms with Gasteiger partial charge < -0.3 is 11.1 Å². The number of likely N-dealkylation sites (tertiary alicyclic amines) is 1. The summed E-state index contributed by atoms with van der Waals surface area (Å²) in [6.07, 6.45) is 9.51. The quantitative estimate of drug-likeness (QED) is 0.637. The molecule has 1 aliphatic heterocycles. The molecule has 0 bridgehead atoms. The molecule has 3 heterocycles. The van der Waals surface area contributed by atoms with Crippen LogP contribution < -0.4 is 6.15 Å². The molecule has 3 aromatic rings. The first kappa shape index (κ1) is 21.7. The predicted octanol–water partition coefficient (Wildman–Crippen LogP) is 5.18. The van der Waals surface area contributed by atoms with Crippen molar-refractivity contribution in [2.45, 2.75) is 32.6 Å². The minimum Gasteiger partial charge on any atom is -0.344 e. The van der Waals surface area contributed by atoms with Gasteiger partial charge in [-0.05, 0) is 54.5 Å². The number of hydrogen-bond acceptors (Lipinski definition) is 4. The van der Waals surface area contributed by atoms with Crippen LogP contribution in [0.5, 0.6) is 0 Å². The highest BCUT2D eigenvalue weighted by Gasteiger charge is 2.35. The van der Waals surface area contributed by atoms with E-state index in [2.05, 4.69) is 47.2 Å². The molecular formula is C25H30N4O. The van der Waals surface area contributed by atoms with Gasteiger partial charge in [0.05, 0.1) is 11.3 Å². The summed E-state index contributed by atoms with van der Waals surface area (Å²) in [5.41, 5.74) is 4.00. The number of aromatic nitrogens is 2. The third-order valence-electron chi connectivity index (χ3n) is 6.28. The predicted molar refractivity (Wildman–Crippen MR) is 120 cm³/mol. The van der Waals surface area contributed by atoms with E-state index in [-0.39, 0.29) is 17.5 Å². The molecule has 4 rings (SSSR count). The molecule has 0 saturated carbocycles. The number of rotatable bonds is 5. The molecule has 3 N–H and O–H groups in total. The molecule has 1 fully saturated rings. The maximum absolute atomic E-state index is 13.3. The molecule has 0 unspecified atom stereocenters. The molecule has 0 spiro atoms.